The number of ether oxygens (including phenoxy) is 1. The molecule has 0 saturated heterocycles. The van der Waals surface area contributed by atoms with E-state index in [1.165, 1.54) is 23.7 Å². The second kappa shape index (κ2) is 7.68. The molecule has 0 saturated carbocycles. The Bertz CT molecular complexity index is 820. The lowest BCUT2D eigenvalue weighted by Crippen LogP contribution is -2.07. The van der Waals surface area contributed by atoms with E-state index in [-0.39, 0.29) is 5.75 Å². The Labute approximate surface area is 147 Å². The van der Waals surface area contributed by atoms with Crippen LogP contribution in [0.5, 0.6) is 5.75 Å². The topological polar surface area (TPSA) is 14.2 Å². The number of fused-ring (bicyclic) bond motifs is 1. The third-order valence-corrected chi connectivity index (χ3v) is 4.79. The van der Waals surface area contributed by atoms with Gasteiger partial charge in [-0.2, -0.15) is 8.78 Å². The van der Waals surface area contributed by atoms with Crippen molar-refractivity contribution in [1.29, 1.82) is 0 Å². The van der Waals surface area contributed by atoms with Crippen molar-refractivity contribution in [3.63, 3.8) is 0 Å². The van der Waals surface area contributed by atoms with Crippen molar-refractivity contribution in [2.75, 3.05) is 0 Å². The van der Waals surface area contributed by atoms with Crippen molar-refractivity contribution >= 4 is 10.9 Å². The highest BCUT2D eigenvalue weighted by Crippen LogP contribution is 2.28. The molecule has 0 spiro atoms. The second-order valence-electron chi connectivity index (χ2n) is 6.33. The molecule has 25 heavy (non-hydrogen) atoms. The SMILES string of the molecule is CCC(CC)Cn1ccc2cc(-c3ccc(OC(F)F)cc3)ccc21. The maximum Gasteiger partial charge on any atom is 0.387 e. The van der Waals surface area contributed by atoms with Gasteiger partial charge >= 0.3 is 6.61 Å². The summed E-state index contributed by atoms with van der Waals surface area (Å²) in [5.41, 5.74) is 3.28. The van der Waals surface area contributed by atoms with Crippen molar-refractivity contribution in [1.82, 2.24) is 4.57 Å². The van der Waals surface area contributed by atoms with Crippen molar-refractivity contribution in [3.05, 3.63) is 54.7 Å². The molecule has 0 N–H and O–H groups in total. The van der Waals surface area contributed by atoms with E-state index in [1.807, 2.05) is 0 Å². The van der Waals surface area contributed by atoms with Crippen molar-refractivity contribution in [2.45, 2.75) is 39.8 Å². The number of aromatic nitrogens is 1. The maximum absolute atomic E-state index is 12.2. The third-order valence-electron chi connectivity index (χ3n) is 4.79. The van der Waals surface area contributed by atoms with Crippen LogP contribution in [-0.4, -0.2) is 11.2 Å². The number of halogens is 2. The molecular weight excluding hydrogens is 320 g/mol. The number of benzene rings is 2. The molecule has 3 rings (SSSR count). The normalized spacial score (nSPS) is 11.6. The van der Waals surface area contributed by atoms with Crippen molar-refractivity contribution in [3.8, 4) is 16.9 Å². The second-order valence-corrected chi connectivity index (χ2v) is 6.33. The van der Waals surface area contributed by atoms with Crippen LogP contribution < -0.4 is 4.74 Å². The van der Waals surface area contributed by atoms with Crippen LogP contribution in [-0.2, 0) is 6.54 Å². The van der Waals surface area contributed by atoms with Gasteiger partial charge in [0.05, 0.1) is 0 Å². The number of alkyl halides is 2. The van der Waals surface area contributed by atoms with E-state index in [2.05, 4.69) is 53.6 Å². The minimum Gasteiger partial charge on any atom is -0.435 e. The summed E-state index contributed by atoms with van der Waals surface area (Å²) in [5.74, 6) is 0.869. The fraction of sp³-hybridized carbons (Fsp3) is 0.333. The first kappa shape index (κ1) is 17.5. The van der Waals surface area contributed by atoms with Crippen LogP contribution in [0.3, 0.4) is 0 Å². The molecule has 1 heterocycles. The van der Waals surface area contributed by atoms with Gasteiger partial charge in [-0.3, -0.25) is 0 Å². The smallest absolute Gasteiger partial charge is 0.387 e. The van der Waals surface area contributed by atoms with Crippen LogP contribution in [0, 0.1) is 5.92 Å². The molecular formula is C21H23F2NO. The summed E-state index contributed by atoms with van der Waals surface area (Å²) in [4.78, 5) is 0. The van der Waals surface area contributed by atoms with Gasteiger partial charge in [-0.05, 0) is 47.4 Å². The summed E-state index contributed by atoms with van der Waals surface area (Å²) in [6.07, 6.45) is 4.51. The van der Waals surface area contributed by atoms with Gasteiger partial charge in [-0.25, -0.2) is 0 Å². The van der Waals surface area contributed by atoms with Crippen LogP contribution in [0.4, 0.5) is 8.78 Å². The molecule has 4 heteroatoms. The van der Waals surface area contributed by atoms with Gasteiger partial charge in [-0.1, -0.05) is 44.9 Å². The zero-order chi connectivity index (χ0) is 17.8. The molecule has 0 bridgehead atoms. The Morgan fingerprint density at radius 2 is 1.60 bits per heavy atom. The molecule has 2 aromatic carbocycles. The summed E-state index contributed by atoms with van der Waals surface area (Å²) < 4.78 is 31.2. The van der Waals surface area contributed by atoms with Gasteiger partial charge in [0.2, 0.25) is 0 Å². The summed E-state index contributed by atoms with van der Waals surface area (Å²) in [6, 6.07) is 15.2. The van der Waals surface area contributed by atoms with E-state index in [0.29, 0.717) is 5.92 Å². The highest BCUT2D eigenvalue weighted by atomic mass is 19.3. The first-order valence-electron chi connectivity index (χ1n) is 8.74. The molecule has 0 aliphatic heterocycles. The Hall–Kier alpha value is -2.36. The number of nitrogens with zero attached hydrogens (tertiary/aromatic N) is 1. The molecule has 0 aliphatic carbocycles. The summed E-state index contributed by atoms with van der Waals surface area (Å²) in [6.45, 7) is 2.71. The molecule has 0 radical (unpaired) electrons. The molecule has 0 fully saturated rings. The van der Waals surface area contributed by atoms with Crippen LogP contribution in [0.15, 0.2) is 54.7 Å². The van der Waals surface area contributed by atoms with Gasteiger partial charge in [0.15, 0.2) is 0 Å². The van der Waals surface area contributed by atoms with Gasteiger partial charge in [0.1, 0.15) is 5.75 Å². The van der Waals surface area contributed by atoms with Crippen molar-refractivity contribution in [2.24, 2.45) is 5.92 Å². The van der Waals surface area contributed by atoms with Gasteiger partial charge < -0.3 is 9.30 Å². The third kappa shape index (κ3) is 4.01. The summed E-state index contributed by atoms with van der Waals surface area (Å²) in [7, 11) is 0. The quantitative estimate of drug-likeness (QED) is 0.488. The number of hydrogen-bond donors (Lipinski definition) is 0. The molecule has 2 nitrogen and oxygen atoms in total. The lowest BCUT2D eigenvalue weighted by molar-refractivity contribution is -0.0498. The maximum atomic E-state index is 12.2. The molecule has 1 aromatic heterocycles. The minimum atomic E-state index is -2.79. The highest BCUT2D eigenvalue weighted by Gasteiger charge is 2.09. The Morgan fingerprint density at radius 3 is 2.24 bits per heavy atom. The summed E-state index contributed by atoms with van der Waals surface area (Å²) in [5, 5.41) is 1.19. The summed E-state index contributed by atoms with van der Waals surface area (Å²) >= 11 is 0. The predicted molar refractivity (Wildman–Crippen MR) is 98.1 cm³/mol. The predicted octanol–water partition coefficient (Wildman–Crippen LogP) is 6.35. The van der Waals surface area contributed by atoms with Gasteiger partial charge in [0, 0.05) is 23.6 Å². The fourth-order valence-electron chi connectivity index (χ4n) is 3.19. The van der Waals surface area contributed by atoms with Crippen LogP contribution >= 0.6 is 0 Å². The average Bonchev–Trinajstić information content (AvgIpc) is 3.02. The zero-order valence-corrected chi connectivity index (χ0v) is 14.6. The van der Waals surface area contributed by atoms with E-state index >= 15 is 0 Å². The molecule has 0 atom stereocenters. The first-order valence-corrected chi connectivity index (χ1v) is 8.74. The van der Waals surface area contributed by atoms with E-state index < -0.39 is 6.61 Å². The highest BCUT2D eigenvalue weighted by molar-refractivity contribution is 5.85. The van der Waals surface area contributed by atoms with E-state index in [0.717, 1.165) is 17.7 Å². The van der Waals surface area contributed by atoms with Crippen LogP contribution in [0.25, 0.3) is 22.0 Å². The lowest BCUT2D eigenvalue weighted by Gasteiger charge is -2.14. The first-order chi connectivity index (χ1) is 12.1. The van der Waals surface area contributed by atoms with Crippen LogP contribution in [0.2, 0.25) is 0 Å². The van der Waals surface area contributed by atoms with Gasteiger partial charge in [-0.15, -0.1) is 0 Å². The fourth-order valence-corrected chi connectivity index (χ4v) is 3.19. The standard InChI is InChI=1S/C21H23F2NO/c1-3-15(4-2)14-24-12-11-18-13-17(7-10-20(18)24)16-5-8-19(9-6-16)25-21(22)23/h5-13,15,21H,3-4,14H2,1-2H3. The van der Waals surface area contributed by atoms with Crippen molar-refractivity contribution < 1.29 is 13.5 Å². The monoisotopic (exact) mass is 343 g/mol. The largest absolute Gasteiger partial charge is 0.435 e. The average molecular weight is 343 g/mol. The lowest BCUT2D eigenvalue weighted by atomic mass is 10.0. The Balaban J connectivity index is 1.84. The minimum absolute atomic E-state index is 0.177. The van der Waals surface area contributed by atoms with Crippen LogP contribution in [0.1, 0.15) is 26.7 Å². The molecule has 132 valence electrons. The molecule has 3 aromatic rings. The zero-order valence-electron chi connectivity index (χ0n) is 14.6. The van der Waals surface area contributed by atoms with E-state index in [4.69, 9.17) is 0 Å². The molecule has 0 unspecified atom stereocenters. The Kier molecular flexibility index (Phi) is 5.37. The number of rotatable bonds is 7. The van der Waals surface area contributed by atoms with E-state index in [9.17, 15) is 8.78 Å². The molecule has 0 amide bonds. The van der Waals surface area contributed by atoms with E-state index in [1.54, 1.807) is 24.3 Å². The van der Waals surface area contributed by atoms with Gasteiger partial charge in [0.25, 0.3) is 0 Å². The molecule has 0 aliphatic rings. The Morgan fingerprint density at radius 1 is 0.920 bits per heavy atom. The number of hydrogen-bond acceptors (Lipinski definition) is 1.